The molecular formula is C22H21F5N4O5S2. The number of halogens is 5. The van der Waals surface area contributed by atoms with Crippen LogP contribution in [-0.2, 0) is 4.84 Å². The number of nitrogens with zero attached hydrogens (tertiary/aromatic N) is 3. The molecule has 0 fully saturated rings. The molecule has 0 heterocycles. The summed E-state index contributed by atoms with van der Waals surface area (Å²) >= 11 is 1.76. The van der Waals surface area contributed by atoms with Gasteiger partial charge in [0, 0.05) is 11.8 Å². The molecular weight excluding hydrogens is 559 g/mol. The number of nitrogens with one attached hydrogen (secondary N) is 1. The maximum atomic E-state index is 14.0. The van der Waals surface area contributed by atoms with Crippen molar-refractivity contribution in [3.63, 3.8) is 0 Å². The number of urea groups is 1. The Morgan fingerprint density at radius 3 is 2.13 bits per heavy atom. The van der Waals surface area contributed by atoms with Crippen molar-refractivity contribution in [2.24, 2.45) is 5.16 Å². The number of alkyl halides is 3. The maximum Gasteiger partial charge on any atom is 0.573 e. The highest BCUT2D eigenvalue weighted by molar-refractivity contribution is 8.00. The molecule has 2 aromatic carbocycles. The van der Waals surface area contributed by atoms with Crippen LogP contribution in [-0.4, -0.2) is 53.0 Å². The van der Waals surface area contributed by atoms with Gasteiger partial charge in [-0.05, 0) is 56.5 Å². The lowest BCUT2D eigenvalue weighted by atomic mass is 10.2. The van der Waals surface area contributed by atoms with E-state index in [1.54, 1.807) is 19.2 Å². The van der Waals surface area contributed by atoms with Crippen LogP contribution >= 0.6 is 23.9 Å². The fourth-order valence-corrected chi connectivity index (χ4v) is 3.20. The summed E-state index contributed by atoms with van der Waals surface area (Å²) in [5.41, 5.74) is -1.19. The number of ether oxygens (including phenoxy) is 1. The van der Waals surface area contributed by atoms with E-state index in [1.165, 1.54) is 25.0 Å². The number of hydrogen-bond donors (Lipinski definition) is 1. The Bertz CT molecular complexity index is 1180. The van der Waals surface area contributed by atoms with Gasteiger partial charge < -0.3 is 4.74 Å². The SMILES string of the molecule is CSC(C)(C)/C=N/OC(=O)N(C)SN(C(=O)NC(=O)c1c(F)cccc1F)c1ccc(OC(F)(F)F)cc1. The zero-order chi connectivity index (χ0) is 28.7. The number of imide groups is 1. The first-order valence-electron chi connectivity index (χ1n) is 10.3. The summed E-state index contributed by atoms with van der Waals surface area (Å²) in [4.78, 5) is 42.4. The van der Waals surface area contributed by atoms with Crippen LogP contribution in [0.4, 0.5) is 37.2 Å². The molecule has 16 heteroatoms. The second-order valence-corrected chi connectivity index (χ2v) is 10.2. The van der Waals surface area contributed by atoms with E-state index < -0.39 is 52.1 Å². The quantitative estimate of drug-likeness (QED) is 0.135. The zero-order valence-corrected chi connectivity index (χ0v) is 21.8. The van der Waals surface area contributed by atoms with Gasteiger partial charge in [-0.3, -0.25) is 14.9 Å². The zero-order valence-electron chi connectivity index (χ0n) is 20.2. The molecule has 0 aliphatic rings. The summed E-state index contributed by atoms with van der Waals surface area (Å²) < 4.78 is 70.2. The van der Waals surface area contributed by atoms with Crippen LogP contribution in [0.15, 0.2) is 47.6 Å². The Kier molecular flexibility index (Phi) is 10.4. The first-order valence-corrected chi connectivity index (χ1v) is 12.3. The van der Waals surface area contributed by atoms with E-state index >= 15 is 0 Å². The minimum absolute atomic E-state index is 0.143. The van der Waals surface area contributed by atoms with Crippen molar-refractivity contribution in [2.75, 3.05) is 17.6 Å². The molecule has 0 atom stereocenters. The first-order chi connectivity index (χ1) is 17.6. The second kappa shape index (κ2) is 12.8. The van der Waals surface area contributed by atoms with Gasteiger partial charge in [-0.2, -0.15) is 11.8 Å². The van der Waals surface area contributed by atoms with Gasteiger partial charge in [0.1, 0.15) is 22.9 Å². The number of hydrogen-bond acceptors (Lipinski definition) is 8. The largest absolute Gasteiger partial charge is 0.573 e. The van der Waals surface area contributed by atoms with Gasteiger partial charge >= 0.3 is 18.5 Å². The van der Waals surface area contributed by atoms with Crippen LogP contribution in [0.25, 0.3) is 0 Å². The molecule has 2 rings (SSSR count). The fraction of sp³-hybridized carbons (Fsp3) is 0.273. The Morgan fingerprint density at radius 2 is 1.61 bits per heavy atom. The maximum absolute atomic E-state index is 14.0. The average Bonchev–Trinajstić information content (AvgIpc) is 2.81. The molecule has 0 radical (unpaired) electrons. The predicted molar refractivity (Wildman–Crippen MR) is 133 cm³/mol. The van der Waals surface area contributed by atoms with Crippen LogP contribution in [0.2, 0.25) is 0 Å². The fourth-order valence-electron chi connectivity index (χ4n) is 2.37. The highest BCUT2D eigenvalue weighted by atomic mass is 32.2. The van der Waals surface area contributed by atoms with Crippen LogP contribution < -0.4 is 14.4 Å². The molecule has 9 nitrogen and oxygen atoms in total. The smallest absolute Gasteiger partial charge is 0.406 e. The first kappa shape index (κ1) is 30.7. The van der Waals surface area contributed by atoms with Crippen LogP contribution in [0.5, 0.6) is 5.75 Å². The Morgan fingerprint density at radius 1 is 1.03 bits per heavy atom. The topological polar surface area (TPSA) is 101 Å². The van der Waals surface area contributed by atoms with Crippen LogP contribution in [0.3, 0.4) is 0 Å². The highest BCUT2D eigenvalue weighted by Gasteiger charge is 2.32. The van der Waals surface area contributed by atoms with E-state index in [1.807, 2.05) is 6.26 Å². The lowest BCUT2D eigenvalue weighted by Crippen LogP contribution is -2.42. The molecule has 0 spiro atoms. The standard InChI is InChI=1S/C22H21F5N4O5S2/c1-21(2,37-4)12-28-36-20(34)30(3)38-31(13-8-10-14(11-9-13)35-22(25,26)27)19(33)29-18(32)17-15(23)6-5-7-16(17)24/h5-12H,1-4H3,(H,29,32,33)/b28-12+. The number of amides is 4. The Labute approximate surface area is 222 Å². The summed E-state index contributed by atoms with van der Waals surface area (Å²) in [6, 6.07) is 5.09. The van der Waals surface area contributed by atoms with Crippen molar-refractivity contribution in [2.45, 2.75) is 25.0 Å². The summed E-state index contributed by atoms with van der Waals surface area (Å²) in [7, 11) is 1.17. The molecule has 38 heavy (non-hydrogen) atoms. The van der Waals surface area contributed by atoms with Crippen LogP contribution in [0, 0.1) is 11.6 Å². The minimum Gasteiger partial charge on any atom is -0.406 e. The molecule has 0 unspecified atom stereocenters. The van der Waals surface area contributed by atoms with E-state index in [9.17, 15) is 36.3 Å². The van der Waals surface area contributed by atoms with Crippen LogP contribution in [0.1, 0.15) is 24.2 Å². The van der Waals surface area contributed by atoms with E-state index in [0.717, 1.165) is 46.8 Å². The van der Waals surface area contributed by atoms with Crippen molar-refractivity contribution in [3.05, 3.63) is 59.7 Å². The molecule has 0 bridgehead atoms. The lowest BCUT2D eigenvalue weighted by Gasteiger charge is -2.25. The molecule has 2 aromatic rings. The molecule has 206 valence electrons. The second-order valence-electron chi connectivity index (χ2n) is 7.67. The monoisotopic (exact) mass is 580 g/mol. The summed E-state index contributed by atoms with van der Waals surface area (Å²) in [5, 5.41) is 5.35. The molecule has 0 aliphatic carbocycles. The number of carbonyl (C=O) groups excluding carboxylic acids is 3. The number of anilines is 1. The van der Waals surface area contributed by atoms with E-state index in [4.69, 9.17) is 4.84 Å². The van der Waals surface area contributed by atoms with Gasteiger partial charge in [0.05, 0.1) is 24.0 Å². The van der Waals surface area contributed by atoms with Crippen molar-refractivity contribution < 1.29 is 45.9 Å². The van der Waals surface area contributed by atoms with E-state index in [-0.39, 0.29) is 5.69 Å². The third kappa shape index (κ3) is 9.09. The number of rotatable bonds is 8. The molecule has 0 saturated heterocycles. The molecule has 0 saturated carbocycles. The van der Waals surface area contributed by atoms with Gasteiger partial charge in [-0.25, -0.2) is 27.0 Å². The summed E-state index contributed by atoms with van der Waals surface area (Å²) in [5.74, 6) is -4.54. The third-order valence-electron chi connectivity index (χ3n) is 4.38. The lowest BCUT2D eigenvalue weighted by molar-refractivity contribution is -0.274. The number of carbonyl (C=O) groups is 3. The highest BCUT2D eigenvalue weighted by Crippen LogP contribution is 2.30. The van der Waals surface area contributed by atoms with Gasteiger partial charge in [0.2, 0.25) is 0 Å². The average molecular weight is 581 g/mol. The summed E-state index contributed by atoms with van der Waals surface area (Å²) in [6.07, 6.45) is -2.87. The number of benzene rings is 2. The van der Waals surface area contributed by atoms with Crippen molar-refractivity contribution in [1.29, 1.82) is 0 Å². The predicted octanol–water partition coefficient (Wildman–Crippen LogP) is 5.98. The summed E-state index contributed by atoms with van der Waals surface area (Å²) in [6.45, 7) is 3.61. The number of oxime groups is 1. The van der Waals surface area contributed by atoms with E-state index in [0.29, 0.717) is 16.4 Å². The van der Waals surface area contributed by atoms with Crippen molar-refractivity contribution in [3.8, 4) is 5.75 Å². The number of thioether (sulfide) groups is 1. The van der Waals surface area contributed by atoms with Gasteiger partial charge in [0.25, 0.3) is 5.91 Å². The molecule has 1 N–H and O–H groups in total. The normalized spacial score (nSPS) is 11.7. The molecule has 0 aliphatic heterocycles. The van der Waals surface area contributed by atoms with Crippen molar-refractivity contribution in [1.82, 2.24) is 9.62 Å². The van der Waals surface area contributed by atoms with E-state index in [2.05, 4.69) is 9.89 Å². The van der Waals surface area contributed by atoms with Gasteiger partial charge in [-0.15, -0.1) is 13.2 Å². The third-order valence-corrected chi connectivity index (χ3v) is 6.47. The van der Waals surface area contributed by atoms with Gasteiger partial charge in [-0.1, -0.05) is 11.2 Å². The van der Waals surface area contributed by atoms with Gasteiger partial charge in [0.15, 0.2) is 0 Å². The molecule has 0 aromatic heterocycles. The minimum atomic E-state index is -4.97. The Hall–Kier alpha value is -3.53. The Balaban J connectivity index is 2.28. The molecule has 4 amide bonds. The van der Waals surface area contributed by atoms with Crippen molar-refractivity contribution >= 4 is 53.8 Å².